The highest BCUT2D eigenvalue weighted by Gasteiger charge is 2.28. The molecule has 1 aliphatic carbocycles. The van der Waals surface area contributed by atoms with Gasteiger partial charge in [-0.15, -0.1) is 5.10 Å². The molecule has 198 valence electrons. The number of pyridine rings is 2. The first-order valence-corrected chi connectivity index (χ1v) is 13.4. The number of hydrogen-bond acceptors (Lipinski definition) is 8. The molecule has 5 aromatic rings. The van der Waals surface area contributed by atoms with Crippen LogP contribution in [0.3, 0.4) is 0 Å². The largest absolute Gasteiger partial charge is 0.383 e. The third-order valence-corrected chi connectivity index (χ3v) is 7.09. The summed E-state index contributed by atoms with van der Waals surface area (Å²) in [6.45, 7) is 7.03. The number of fused-ring (bicyclic) bond motifs is 2. The molecule has 1 unspecified atom stereocenters. The van der Waals surface area contributed by atoms with Crippen LogP contribution in [-0.2, 0) is 0 Å². The van der Waals surface area contributed by atoms with E-state index in [1.807, 2.05) is 41.3 Å². The van der Waals surface area contributed by atoms with E-state index in [1.54, 1.807) is 12.3 Å². The number of hydrogen-bond donors (Lipinski definition) is 2. The number of rotatable bonds is 7. The normalized spacial score (nSPS) is 14.0. The fourth-order valence-electron chi connectivity index (χ4n) is 4.92. The van der Waals surface area contributed by atoms with E-state index in [9.17, 15) is 10.5 Å². The van der Waals surface area contributed by atoms with Crippen LogP contribution in [0.25, 0.3) is 21.7 Å². The highest BCUT2D eigenvalue weighted by atomic mass is 15.4. The Morgan fingerprint density at radius 3 is 2.62 bits per heavy atom. The number of nitrogens with one attached hydrogen (secondary N) is 2. The summed E-state index contributed by atoms with van der Waals surface area (Å²) in [6, 6.07) is 16.5. The van der Waals surface area contributed by atoms with Gasteiger partial charge in [0.1, 0.15) is 17.8 Å². The summed E-state index contributed by atoms with van der Waals surface area (Å²) < 4.78 is 1.94. The second-order valence-corrected chi connectivity index (χ2v) is 11.5. The second-order valence-electron chi connectivity index (χ2n) is 11.5. The first-order chi connectivity index (χ1) is 19.3. The number of anilines is 2. The molecule has 0 bridgehead atoms. The number of aromatic nitrogens is 5. The van der Waals surface area contributed by atoms with Gasteiger partial charge in [0.05, 0.1) is 40.6 Å². The van der Waals surface area contributed by atoms with Crippen LogP contribution >= 0.6 is 0 Å². The zero-order chi connectivity index (χ0) is 27.9. The van der Waals surface area contributed by atoms with Crippen molar-refractivity contribution in [3.8, 4) is 12.1 Å². The fraction of sp³-hybridized carbons (Fsp3) is 0.290. The maximum atomic E-state index is 10.1. The van der Waals surface area contributed by atoms with Crippen molar-refractivity contribution in [2.75, 3.05) is 17.2 Å². The van der Waals surface area contributed by atoms with Gasteiger partial charge in [0, 0.05) is 41.6 Å². The fourth-order valence-corrected chi connectivity index (χ4v) is 4.92. The lowest BCUT2D eigenvalue weighted by molar-refractivity contribution is 0.443. The summed E-state index contributed by atoms with van der Waals surface area (Å²) in [4.78, 5) is 8.78. The molecule has 0 saturated heterocycles. The molecular weight excluding hydrogens is 498 g/mol. The van der Waals surface area contributed by atoms with Gasteiger partial charge in [-0.3, -0.25) is 9.97 Å². The predicted octanol–water partition coefficient (Wildman–Crippen LogP) is 6.11. The number of nitrogens with zero attached hydrogens (tertiary/aromatic N) is 7. The Balaban J connectivity index is 1.50. The molecule has 0 amide bonds. The van der Waals surface area contributed by atoms with Crippen LogP contribution < -0.4 is 10.6 Å². The van der Waals surface area contributed by atoms with Crippen LogP contribution in [0.5, 0.6) is 0 Å². The molecule has 2 aromatic carbocycles. The molecule has 3 heterocycles. The topological polar surface area (TPSA) is 128 Å². The van der Waals surface area contributed by atoms with Gasteiger partial charge < -0.3 is 10.6 Å². The Kier molecular flexibility index (Phi) is 6.28. The van der Waals surface area contributed by atoms with E-state index in [2.05, 4.69) is 69.9 Å². The molecule has 1 saturated carbocycles. The van der Waals surface area contributed by atoms with Gasteiger partial charge in [0.25, 0.3) is 0 Å². The molecule has 0 radical (unpaired) electrons. The van der Waals surface area contributed by atoms with Gasteiger partial charge in [-0.1, -0.05) is 44.2 Å². The average molecular weight is 528 g/mol. The van der Waals surface area contributed by atoms with E-state index >= 15 is 0 Å². The smallest absolute Gasteiger partial charge is 0.109 e. The summed E-state index contributed by atoms with van der Waals surface area (Å²) in [6.07, 6.45) is 9.39. The summed E-state index contributed by atoms with van der Waals surface area (Å²) >= 11 is 0. The lowest BCUT2D eigenvalue weighted by Crippen LogP contribution is -2.20. The van der Waals surface area contributed by atoms with Gasteiger partial charge >= 0.3 is 0 Å². The predicted molar refractivity (Wildman–Crippen MR) is 155 cm³/mol. The monoisotopic (exact) mass is 527 g/mol. The zero-order valence-corrected chi connectivity index (χ0v) is 22.7. The van der Waals surface area contributed by atoms with Crippen molar-refractivity contribution in [2.24, 2.45) is 5.41 Å². The molecule has 6 rings (SSSR count). The van der Waals surface area contributed by atoms with Crippen molar-refractivity contribution >= 4 is 33.1 Å². The summed E-state index contributed by atoms with van der Waals surface area (Å²) in [5, 5.41) is 38.8. The molecule has 9 heteroatoms. The number of benzene rings is 2. The van der Waals surface area contributed by atoms with E-state index in [-0.39, 0.29) is 11.5 Å². The Hall–Kier alpha value is -5.02. The van der Waals surface area contributed by atoms with Crippen LogP contribution in [0.4, 0.5) is 11.4 Å². The highest BCUT2D eigenvalue weighted by Crippen LogP contribution is 2.37. The Morgan fingerprint density at radius 1 is 1.05 bits per heavy atom. The quantitative estimate of drug-likeness (QED) is 0.259. The van der Waals surface area contributed by atoms with Crippen LogP contribution in [-0.4, -0.2) is 31.5 Å². The standard InChI is InChI=1S/C31H29N9/c1-31(2,3)18-36-29-21(14-33)16-35-28-20(13-32)11-22(12-26(28)29)37-30(27-17-40(39-38-27)23-7-8-23)25-6-4-5-19-15-34-10-9-24(19)25/h4-6,9-12,15-17,23,30,37H,7-8,18H2,1-3H3,(H,35,36). The maximum absolute atomic E-state index is 10.1. The molecular formula is C31H29N9. The van der Waals surface area contributed by atoms with Crippen LogP contribution in [0.15, 0.2) is 61.2 Å². The summed E-state index contributed by atoms with van der Waals surface area (Å²) in [7, 11) is 0. The number of nitriles is 2. The molecule has 40 heavy (non-hydrogen) atoms. The molecule has 0 spiro atoms. The first-order valence-electron chi connectivity index (χ1n) is 13.4. The van der Waals surface area contributed by atoms with E-state index in [4.69, 9.17) is 0 Å². The van der Waals surface area contributed by atoms with E-state index in [1.165, 1.54) is 6.20 Å². The minimum Gasteiger partial charge on any atom is -0.383 e. The lowest BCUT2D eigenvalue weighted by Gasteiger charge is -2.23. The van der Waals surface area contributed by atoms with Gasteiger partial charge in [-0.2, -0.15) is 10.5 Å². The van der Waals surface area contributed by atoms with Crippen molar-refractivity contribution < 1.29 is 0 Å². The lowest BCUT2D eigenvalue weighted by atomic mass is 9.96. The minimum absolute atomic E-state index is 0.0159. The summed E-state index contributed by atoms with van der Waals surface area (Å²) in [5.74, 6) is 0. The highest BCUT2D eigenvalue weighted by molar-refractivity contribution is 5.99. The molecule has 0 aliphatic heterocycles. The first kappa shape index (κ1) is 25.3. The third-order valence-electron chi connectivity index (χ3n) is 7.09. The summed E-state index contributed by atoms with van der Waals surface area (Å²) in [5.41, 5.74) is 4.59. The van der Waals surface area contributed by atoms with Crippen molar-refractivity contribution in [2.45, 2.75) is 45.7 Å². The van der Waals surface area contributed by atoms with Crippen molar-refractivity contribution in [3.63, 3.8) is 0 Å². The molecule has 1 aliphatic rings. The Morgan fingerprint density at radius 2 is 1.88 bits per heavy atom. The van der Waals surface area contributed by atoms with E-state index in [0.29, 0.717) is 40.3 Å². The maximum Gasteiger partial charge on any atom is 0.109 e. The zero-order valence-electron chi connectivity index (χ0n) is 22.7. The van der Waals surface area contributed by atoms with Crippen LogP contribution in [0.1, 0.15) is 68.1 Å². The van der Waals surface area contributed by atoms with Crippen LogP contribution in [0.2, 0.25) is 0 Å². The molecule has 2 N–H and O–H groups in total. The van der Waals surface area contributed by atoms with Gasteiger partial charge in [0.2, 0.25) is 0 Å². The SMILES string of the molecule is CC(C)(C)CNc1c(C#N)cnc2c(C#N)cc(NC(c3cn(C4CC4)nn3)c3cccc4cnccc34)cc12. The Labute approximate surface area is 232 Å². The average Bonchev–Trinajstić information content (AvgIpc) is 3.69. The molecule has 9 nitrogen and oxygen atoms in total. The van der Waals surface area contributed by atoms with E-state index < -0.39 is 0 Å². The van der Waals surface area contributed by atoms with Crippen molar-refractivity contribution in [3.05, 3.63) is 83.6 Å². The van der Waals surface area contributed by atoms with Crippen molar-refractivity contribution in [1.82, 2.24) is 25.0 Å². The van der Waals surface area contributed by atoms with Gasteiger partial charge in [0.15, 0.2) is 0 Å². The van der Waals surface area contributed by atoms with Crippen molar-refractivity contribution in [1.29, 1.82) is 10.5 Å². The molecule has 3 aromatic heterocycles. The second kappa shape index (κ2) is 9.94. The molecule has 1 fully saturated rings. The Bertz CT molecular complexity index is 1810. The molecule has 1 atom stereocenters. The minimum atomic E-state index is -0.347. The van der Waals surface area contributed by atoms with Gasteiger partial charge in [-0.25, -0.2) is 4.68 Å². The van der Waals surface area contributed by atoms with Gasteiger partial charge in [-0.05, 0) is 47.4 Å². The van der Waals surface area contributed by atoms with E-state index in [0.717, 1.165) is 40.6 Å². The third kappa shape index (κ3) is 4.90. The van der Waals surface area contributed by atoms with Crippen LogP contribution in [0, 0.1) is 28.1 Å².